The molecule has 0 amide bonds. The third kappa shape index (κ3) is 2.19. The predicted octanol–water partition coefficient (Wildman–Crippen LogP) is 2.86. The number of hydrogen-bond acceptors (Lipinski definition) is 2. The normalized spacial score (nSPS) is 11.0. The Labute approximate surface area is 95.7 Å². The number of alkyl halides is 2. The first kappa shape index (κ1) is 11.0. The summed E-state index contributed by atoms with van der Waals surface area (Å²) in [6.07, 6.45) is -2.49. The van der Waals surface area contributed by atoms with Crippen molar-refractivity contribution in [1.29, 1.82) is 0 Å². The van der Waals surface area contributed by atoms with Crippen LogP contribution in [-0.2, 0) is 6.54 Å². The molecule has 16 heavy (non-hydrogen) atoms. The molecule has 0 aliphatic heterocycles. The lowest BCUT2D eigenvalue weighted by Crippen LogP contribution is -2.08. The molecule has 3 nitrogen and oxygen atoms in total. The molecular formula is C10H8ClF2N3. The van der Waals surface area contributed by atoms with E-state index in [4.69, 9.17) is 11.6 Å². The average Bonchev–Trinajstić information content (AvgIpc) is 2.61. The summed E-state index contributed by atoms with van der Waals surface area (Å²) in [5.41, 5.74) is 0.711. The van der Waals surface area contributed by atoms with Gasteiger partial charge < -0.3 is 0 Å². The molecular weight excluding hydrogens is 236 g/mol. The molecule has 0 saturated heterocycles. The van der Waals surface area contributed by atoms with Crippen LogP contribution < -0.4 is 0 Å². The summed E-state index contributed by atoms with van der Waals surface area (Å²) in [7, 11) is 0. The molecule has 0 aliphatic carbocycles. The molecule has 0 N–H and O–H groups in total. The van der Waals surface area contributed by atoms with Gasteiger partial charge >= 0.3 is 0 Å². The fourth-order valence-corrected chi connectivity index (χ4v) is 1.57. The Morgan fingerprint density at radius 3 is 2.50 bits per heavy atom. The summed E-state index contributed by atoms with van der Waals surface area (Å²) in [5.74, 6) is 0.353. The minimum absolute atomic E-state index is 0.0286. The van der Waals surface area contributed by atoms with E-state index >= 15 is 0 Å². The van der Waals surface area contributed by atoms with E-state index in [-0.39, 0.29) is 5.28 Å². The maximum absolute atomic E-state index is 12.3. The number of benzene rings is 1. The zero-order valence-corrected chi connectivity index (χ0v) is 8.90. The maximum Gasteiger partial charge on any atom is 0.256 e. The lowest BCUT2D eigenvalue weighted by molar-refractivity contribution is 0.127. The number of nitrogens with zero attached hydrogens (tertiary/aromatic N) is 3. The molecule has 0 saturated carbocycles. The van der Waals surface area contributed by atoms with E-state index in [1.54, 1.807) is 24.3 Å². The summed E-state index contributed by atoms with van der Waals surface area (Å²) in [6.45, 7) is -0.504. The lowest BCUT2D eigenvalue weighted by Gasteiger charge is -2.06. The Kier molecular flexibility index (Phi) is 3.14. The van der Waals surface area contributed by atoms with Crippen LogP contribution in [0.2, 0.25) is 5.28 Å². The summed E-state index contributed by atoms with van der Waals surface area (Å²) >= 11 is 5.69. The molecule has 0 atom stereocenters. The standard InChI is InChI=1S/C10H8ClF2N3/c11-10-15-14-9(16(10)6-8(12)13)7-4-2-1-3-5-7/h1-5,8H,6H2. The minimum atomic E-state index is -2.49. The Hall–Kier alpha value is -1.49. The highest BCUT2D eigenvalue weighted by atomic mass is 35.5. The Bertz CT molecular complexity index is 470. The van der Waals surface area contributed by atoms with Gasteiger partial charge in [-0.2, -0.15) is 0 Å². The fraction of sp³-hybridized carbons (Fsp3) is 0.200. The molecule has 6 heteroatoms. The van der Waals surface area contributed by atoms with Crippen LogP contribution in [0.1, 0.15) is 0 Å². The highest BCUT2D eigenvalue weighted by molar-refractivity contribution is 6.28. The first-order chi connectivity index (χ1) is 7.68. The molecule has 1 heterocycles. The second-order valence-electron chi connectivity index (χ2n) is 3.16. The van der Waals surface area contributed by atoms with Crippen LogP contribution in [0.25, 0.3) is 11.4 Å². The van der Waals surface area contributed by atoms with Crippen molar-refractivity contribution in [3.05, 3.63) is 35.6 Å². The van der Waals surface area contributed by atoms with Crippen molar-refractivity contribution in [2.75, 3.05) is 0 Å². The van der Waals surface area contributed by atoms with E-state index in [1.165, 1.54) is 4.57 Å². The monoisotopic (exact) mass is 243 g/mol. The smallest absolute Gasteiger partial charge is 0.256 e. The highest BCUT2D eigenvalue weighted by Crippen LogP contribution is 2.21. The number of halogens is 3. The van der Waals surface area contributed by atoms with Crippen molar-refractivity contribution in [1.82, 2.24) is 14.8 Å². The second-order valence-corrected chi connectivity index (χ2v) is 3.50. The van der Waals surface area contributed by atoms with Crippen molar-refractivity contribution in [3.63, 3.8) is 0 Å². The van der Waals surface area contributed by atoms with E-state index in [2.05, 4.69) is 10.2 Å². The molecule has 0 aliphatic rings. The lowest BCUT2D eigenvalue weighted by atomic mass is 10.2. The van der Waals surface area contributed by atoms with Gasteiger partial charge in [0.1, 0.15) is 0 Å². The molecule has 1 aromatic heterocycles. The van der Waals surface area contributed by atoms with Crippen LogP contribution in [0.5, 0.6) is 0 Å². The van der Waals surface area contributed by atoms with Gasteiger partial charge in [0.15, 0.2) is 5.82 Å². The highest BCUT2D eigenvalue weighted by Gasteiger charge is 2.15. The van der Waals surface area contributed by atoms with Gasteiger partial charge in [-0.25, -0.2) is 8.78 Å². The summed E-state index contributed by atoms with van der Waals surface area (Å²) < 4.78 is 25.9. The van der Waals surface area contributed by atoms with Crippen molar-refractivity contribution < 1.29 is 8.78 Å². The average molecular weight is 244 g/mol. The van der Waals surface area contributed by atoms with E-state index in [0.717, 1.165) is 0 Å². The van der Waals surface area contributed by atoms with Gasteiger partial charge in [0.2, 0.25) is 5.28 Å². The molecule has 1 aromatic carbocycles. The Balaban J connectivity index is 2.42. The zero-order valence-electron chi connectivity index (χ0n) is 8.15. The molecule has 0 fully saturated rings. The van der Waals surface area contributed by atoms with Gasteiger partial charge in [-0.3, -0.25) is 4.57 Å². The van der Waals surface area contributed by atoms with Crippen LogP contribution >= 0.6 is 11.6 Å². The summed E-state index contributed by atoms with van der Waals surface area (Å²) in [4.78, 5) is 0. The van der Waals surface area contributed by atoms with E-state index < -0.39 is 13.0 Å². The summed E-state index contributed by atoms with van der Waals surface area (Å²) in [6, 6.07) is 8.96. The largest absolute Gasteiger partial charge is 0.292 e. The third-order valence-corrected chi connectivity index (χ3v) is 2.34. The van der Waals surface area contributed by atoms with E-state index in [1.807, 2.05) is 6.07 Å². The number of hydrogen-bond donors (Lipinski definition) is 0. The Morgan fingerprint density at radius 2 is 1.88 bits per heavy atom. The maximum atomic E-state index is 12.3. The van der Waals surface area contributed by atoms with Crippen molar-refractivity contribution in [2.45, 2.75) is 13.0 Å². The van der Waals surface area contributed by atoms with Gasteiger partial charge in [0.05, 0.1) is 6.54 Å². The van der Waals surface area contributed by atoms with Crippen LogP contribution in [0.3, 0.4) is 0 Å². The minimum Gasteiger partial charge on any atom is -0.292 e. The third-order valence-electron chi connectivity index (χ3n) is 2.06. The molecule has 0 radical (unpaired) electrons. The SMILES string of the molecule is FC(F)Cn1c(Cl)nnc1-c1ccccc1. The topological polar surface area (TPSA) is 30.7 Å². The second kappa shape index (κ2) is 4.57. The summed E-state index contributed by atoms with van der Waals surface area (Å²) in [5, 5.41) is 7.35. The van der Waals surface area contributed by atoms with Crippen molar-refractivity contribution in [3.8, 4) is 11.4 Å². The predicted molar refractivity (Wildman–Crippen MR) is 56.5 cm³/mol. The molecule has 0 spiro atoms. The quantitative estimate of drug-likeness (QED) is 0.830. The fourth-order valence-electron chi connectivity index (χ4n) is 1.38. The van der Waals surface area contributed by atoms with Crippen molar-refractivity contribution in [2.24, 2.45) is 0 Å². The van der Waals surface area contributed by atoms with Crippen LogP contribution in [0.15, 0.2) is 30.3 Å². The van der Waals surface area contributed by atoms with Crippen LogP contribution in [-0.4, -0.2) is 21.2 Å². The van der Waals surface area contributed by atoms with Gasteiger partial charge in [-0.15, -0.1) is 10.2 Å². The van der Waals surface area contributed by atoms with Crippen molar-refractivity contribution >= 4 is 11.6 Å². The molecule has 0 unspecified atom stereocenters. The molecule has 84 valence electrons. The number of aromatic nitrogens is 3. The molecule has 2 aromatic rings. The van der Waals surface area contributed by atoms with Gasteiger partial charge in [-0.05, 0) is 11.6 Å². The van der Waals surface area contributed by atoms with Crippen LogP contribution in [0.4, 0.5) is 8.78 Å². The zero-order chi connectivity index (χ0) is 11.5. The van der Waals surface area contributed by atoms with Gasteiger partial charge in [0.25, 0.3) is 6.43 Å². The van der Waals surface area contributed by atoms with E-state index in [9.17, 15) is 8.78 Å². The Morgan fingerprint density at radius 1 is 1.19 bits per heavy atom. The van der Waals surface area contributed by atoms with E-state index in [0.29, 0.717) is 11.4 Å². The number of rotatable bonds is 3. The molecule has 2 rings (SSSR count). The van der Waals surface area contributed by atoms with Gasteiger partial charge in [0, 0.05) is 5.56 Å². The first-order valence-electron chi connectivity index (χ1n) is 4.61. The molecule has 0 bridgehead atoms. The van der Waals surface area contributed by atoms with Crippen LogP contribution in [0, 0.1) is 0 Å². The first-order valence-corrected chi connectivity index (χ1v) is 4.98. The van der Waals surface area contributed by atoms with Gasteiger partial charge in [-0.1, -0.05) is 30.3 Å².